The number of benzene rings is 1. The zero-order valence-corrected chi connectivity index (χ0v) is 14.3. The SMILES string of the molecule is CN(CCc1ccncc1)C(=O)C1(C(=O)Nc2ccc(F)c(F)c2)CC1. The standard InChI is InChI=1S/C19H19F2N3O2/c1-24(11-6-13-4-9-22-10-5-13)18(26)19(7-8-19)17(25)23-14-2-3-15(20)16(21)12-14/h2-5,9-10,12H,6-8,11H2,1H3,(H,23,25). The molecule has 1 aromatic heterocycles. The van der Waals surface area contributed by atoms with Crippen molar-refractivity contribution in [2.75, 3.05) is 18.9 Å². The van der Waals surface area contributed by atoms with Gasteiger partial charge in [-0.1, -0.05) is 0 Å². The van der Waals surface area contributed by atoms with Crippen LogP contribution in [0.4, 0.5) is 14.5 Å². The number of carbonyl (C=O) groups excluding carboxylic acids is 2. The normalized spacial score (nSPS) is 14.6. The summed E-state index contributed by atoms with van der Waals surface area (Å²) in [6.07, 6.45) is 4.93. The Balaban J connectivity index is 1.62. The van der Waals surface area contributed by atoms with Crippen LogP contribution in [0.2, 0.25) is 0 Å². The Labute approximate surface area is 150 Å². The van der Waals surface area contributed by atoms with E-state index >= 15 is 0 Å². The van der Waals surface area contributed by atoms with Crippen LogP contribution in [0.5, 0.6) is 0 Å². The van der Waals surface area contributed by atoms with E-state index in [2.05, 4.69) is 10.3 Å². The lowest BCUT2D eigenvalue weighted by Gasteiger charge is -2.23. The molecule has 1 heterocycles. The summed E-state index contributed by atoms with van der Waals surface area (Å²) < 4.78 is 26.3. The molecular weight excluding hydrogens is 340 g/mol. The molecule has 0 saturated heterocycles. The summed E-state index contributed by atoms with van der Waals surface area (Å²) in [7, 11) is 1.66. The molecule has 0 spiro atoms. The summed E-state index contributed by atoms with van der Waals surface area (Å²) in [6, 6.07) is 6.86. The summed E-state index contributed by atoms with van der Waals surface area (Å²) in [5.41, 5.74) is 0.0702. The Hall–Kier alpha value is -2.83. The minimum atomic E-state index is -1.11. The number of halogens is 2. The fourth-order valence-electron chi connectivity index (χ4n) is 2.80. The van der Waals surface area contributed by atoms with Crippen molar-refractivity contribution in [1.82, 2.24) is 9.88 Å². The number of likely N-dealkylation sites (N-methyl/N-ethyl adjacent to an activating group) is 1. The molecule has 0 radical (unpaired) electrons. The van der Waals surface area contributed by atoms with Crippen molar-refractivity contribution in [3.8, 4) is 0 Å². The van der Waals surface area contributed by atoms with Crippen molar-refractivity contribution < 1.29 is 18.4 Å². The molecule has 7 heteroatoms. The van der Waals surface area contributed by atoms with Crippen molar-refractivity contribution >= 4 is 17.5 Å². The van der Waals surface area contributed by atoms with E-state index in [1.165, 1.54) is 11.0 Å². The van der Waals surface area contributed by atoms with Gasteiger partial charge in [-0.25, -0.2) is 8.78 Å². The first-order valence-electron chi connectivity index (χ1n) is 8.33. The molecule has 0 atom stereocenters. The van der Waals surface area contributed by atoms with Gasteiger partial charge in [0.05, 0.1) is 0 Å². The number of nitrogens with one attached hydrogen (secondary N) is 1. The van der Waals surface area contributed by atoms with Gasteiger partial charge in [0.1, 0.15) is 5.41 Å². The average molecular weight is 359 g/mol. The van der Waals surface area contributed by atoms with E-state index in [-0.39, 0.29) is 11.6 Å². The van der Waals surface area contributed by atoms with Crippen molar-refractivity contribution in [2.24, 2.45) is 5.41 Å². The Morgan fingerprint density at radius 3 is 2.46 bits per heavy atom. The van der Waals surface area contributed by atoms with E-state index in [1.807, 2.05) is 12.1 Å². The smallest absolute Gasteiger partial charge is 0.240 e. The second-order valence-corrected chi connectivity index (χ2v) is 6.50. The molecule has 2 amide bonds. The minimum absolute atomic E-state index is 0.132. The predicted octanol–water partition coefficient (Wildman–Crippen LogP) is 2.78. The first-order chi connectivity index (χ1) is 12.4. The second kappa shape index (κ2) is 7.19. The summed E-state index contributed by atoms with van der Waals surface area (Å²) >= 11 is 0. The monoisotopic (exact) mass is 359 g/mol. The number of aromatic nitrogens is 1. The van der Waals surface area contributed by atoms with Crippen LogP contribution in [0, 0.1) is 17.0 Å². The number of pyridine rings is 1. The Bertz CT molecular complexity index is 823. The lowest BCUT2D eigenvalue weighted by atomic mass is 10.0. The van der Waals surface area contributed by atoms with Crippen LogP contribution in [0.1, 0.15) is 18.4 Å². The molecule has 0 bridgehead atoms. The van der Waals surface area contributed by atoms with E-state index < -0.39 is 23.0 Å². The van der Waals surface area contributed by atoms with E-state index in [0.717, 1.165) is 17.7 Å². The van der Waals surface area contributed by atoms with Gasteiger partial charge >= 0.3 is 0 Å². The summed E-state index contributed by atoms with van der Waals surface area (Å²) in [4.78, 5) is 30.7. The molecule has 3 rings (SSSR count). The third kappa shape index (κ3) is 3.71. The van der Waals surface area contributed by atoms with E-state index in [1.54, 1.807) is 19.4 Å². The molecule has 0 unspecified atom stereocenters. The van der Waals surface area contributed by atoms with Crippen LogP contribution >= 0.6 is 0 Å². The van der Waals surface area contributed by atoms with Crippen LogP contribution < -0.4 is 5.32 Å². The Kier molecular flexibility index (Phi) is 4.97. The number of anilines is 1. The molecule has 26 heavy (non-hydrogen) atoms. The van der Waals surface area contributed by atoms with Gasteiger partial charge in [-0.2, -0.15) is 0 Å². The molecule has 1 aromatic carbocycles. The number of carbonyl (C=O) groups is 2. The highest BCUT2D eigenvalue weighted by atomic mass is 19.2. The maximum absolute atomic E-state index is 13.3. The number of hydrogen-bond acceptors (Lipinski definition) is 3. The van der Waals surface area contributed by atoms with Gasteiger partial charge in [-0.3, -0.25) is 14.6 Å². The van der Waals surface area contributed by atoms with E-state index in [4.69, 9.17) is 0 Å². The van der Waals surface area contributed by atoms with Gasteiger partial charge in [0.15, 0.2) is 11.6 Å². The average Bonchev–Trinajstić information content (AvgIpc) is 3.45. The van der Waals surface area contributed by atoms with Gasteiger partial charge in [-0.05, 0) is 49.1 Å². The van der Waals surface area contributed by atoms with E-state index in [0.29, 0.717) is 25.8 Å². The highest BCUT2D eigenvalue weighted by Crippen LogP contribution is 2.48. The van der Waals surface area contributed by atoms with Crippen LogP contribution in [0.3, 0.4) is 0 Å². The molecule has 1 aliphatic carbocycles. The first kappa shape index (κ1) is 18.0. The van der Waals surface area contributed by atoms with Crippen LogP contribution in [-0.2, 0) is 16.0 Å². The lowest BCUT2D eigenvalue weighted by molar-refractivity contribution is -0.141. The van der Waals surface area contributed by atoms with Crippen molar-refractivity contribution in [2.45, 2.75) is 19.3 Å². The molecule has 136 valence electrons. The molecule has 5 nitrogen and oxygen atoms in total. The largest absolute Gasteiger partial charge is 0.344 e. The summed E-state index contributed by atoms with van der Waals surface area (Å²) in [5, 5.41) is 2.52. The Morgan fingerprint density at radius 2 is 1.85 bits per heavy atom. The van der Waals surface area contributed by atoms with Gasteiger partial charge in [0, 0.05) is 37.7 Å². The van der Waals surface area contributed by atoms with Crippen molar-refractivity contribution in [1.29, 1.82) is 0 Å². The summed E-state index contributed by atoms with van der Waals surface area (Å²) in [5.74, 6) is -2.78. The molecule has 1 saturated carbocycles. The number of hydrogen-bond donors (Lipinski definition) is 1. The fraction of sp³-hybridized carbons (Fsp3) is 0.316. The van der Waals surface area contributed by atoms with Crippen molar-refractivity contribution in [3.05, 3.63) is 59.9 Å². The molecule has 2 aromatic rings. The minimum Gasteiger partial charge on any atom is -0.344 e. The second-order valence-electron chi connectivity index (χ2n) is 6.50. The van der Waals surface area contributed by atoms with Gasteiger partial charge in [-0.15, -0.1) is 0 Å². The summed E-state index contributed by atoms with van der Waals surface area (Å²) in [6.45, 7) is 0.475. The highest BCUT2D eigenvalue weighted by molar-refractivity contribution is 6.12. The molecule has 0 aliphatic heterocycles. The van der Waals surface area contributed by atoms with Crippen LogP contribution in [0.25, 0.3) is 0 Å². The maximum atomic E-state index is 13.3. The highest BCUT2D eigenvalue weighted by Gasteiger charge is 2.57. The molecule has 1 N–H and O–H groups in total. The third-order valence-electron chi connectivity index (χ3n) is 4.60. The predicted molar refractivity (Wildman–Crippen MR) is 92.2 cm³/mol. The number of rotatable bonds is 6. The number of nitrogens with zero attached hydrogens (tertiary/aromatic N) is 2. The van der Waals surface area contributed by atoms with E-state index in [9.17, 15) is 18.4 Å². The zero-order chi connectivity index (χ0) is 18.7. The fourth-order valence-corrected chi connectivity index (χ4v) is 2.80. The number of amides is 2. The van der Waals surface area contributed by atoms with Gasteiger partial charge in [0.2, 0.25) is 11.8 Å². The molecule has 1 aliphatic rings. The maximum Gasteiger partial charge on any atom is 0.240 e. The third-order valence-corrected chi connectivity index (χ3v) is 4.60. The first-order valence-corrected chi connectivity index (χ1v) is 8.33. The zero-order valence-electron chi connectivity index (χ0n) is 14.3. The van der Waals surface area contributed by atoms with Gasteiger partial charge in [0.25, 0.3) is 0 Å². The van der Waals surface area contributed by atoms with Gasteiger partial charge < -0.3 is 10.2 Å². The van der Waals surface area contributed by atoms with Crippen LogP contribution in [0.15, 0.2) is 42.7 Å². The molecule has 1 fully saturated rings. The lowest BCUT2D eigenvalue weighted by Crippen LogP contribution is -2.41. The topological polar surface area (TPSA) is 62.3 Å². The Morgan fingerprint density at radius 1 is 1.15 bits per heavy atom. The van der Waals surface area contributed by atoms with Crippen molar-refractivity contribution in [3.63, 3.8) is 0 Å². The quantitative estimate of drug-likeness (QED) is 0.807. The molecular formula is C19H19F2N3O2. The van der Waals surface area contributed by atoms with Crippen LogP contribution in [-0.4, -0.2) is 35.3 Å².